The topological polar surface area (TPSA) is 66.4 Å². The van der Waals surface area contributed by atoms with E-state index in [4.69, 9.17) is 5.11 Å². The van der Waals surface area contributed by atoms with Gasteiger partial charge in [-0.3, -0.25) is 0 Å². The molecule has 0 spiro atoms. The van der Waals surface area contributed by atoms with Gasteiger partial charge in [-0.1, -0.05) is 20.8 Å². The van der Waals surface area contributed by atoms with Crippen molar-refractivity contribution in [2.75, 3.05) is 18.9 Å². The van der Waals surface area contributed by atoms with Crippen LogP contribution in [0.1, 0.15) is 40.0 Å². The fourth-order valence-corrected chi connectivity index (χ4v) is 2.96. The van der Waals surface area contributed by atoms with Crippen molar-refractivity contribution in [1.82, 2.24) is 4.72 Å². The SMILES string of the molecule is CC(C)(C)CS(=O)(=O)NCCCCCO. The normalized spacial score (nSPS) is 13.1. The molecular formula is C10H23NO3S. The Morgan fingerprint density at radius 3 is 2.20 bits per heavy atom. The highest BCUT2D eigenvalue weighted by Gasteiger charge is 2.20. The van der Waals surface area contributed by atoms with Crippen LogP contribution in [-0.2, 0) is 10.0 Å². The summed E-state index contributed by atoms with van der Waals surface area (Å²) in [6.07, 6.45) is 2.37. The second-order valence-electron chi connectivity index (χ2n) is 5.00. The number of nitrogens with one attached hydrogen (secondary N) is 1. The summed E-state index contributed by atoms with van der Waals surface area (Å²) in [6.45, 7) is 6.35. The summed E-state index contributed by atoms with van der Waals surface area (Å²) in [4.78, 5) is 0. The lowest BCUT2D eigenvalue weighted by molar-refractivity contribution is 0.283. The van der Waals surface area contributed by atoms with E-state index < -0.39 is 10.0 Å². The lowest BCUT2D eigenvalue weighted by atomic mass is 10.0. The molecule has 0 atom stereocenters. The second-order valence-corrected chi connectivity index (χ2v) is 6.81. The third-order valence-electron chi connectivity index (χ3n) is 1.78. The third kappa shape index (κ3) is 10.2. The molecule has 0 rings (SSSR count). The zero-order valence-electron chi connectivity index (χ0n) is 9.91. The van der Waals surface area contributed by atoms with E-state index in [2.05, 4.69) is 4.72 Å². The van der Waals surface area contributed by atoms with Crippen molar-refractivity contribution in [2.24, 2.45) is 5.41 Å². The van der Waals surface area contributed by atoms with E-state index in [1.165, 1.54) is 0 Å². The zero-order chi connectivity index (χ0) is 11.9. The molecule has 0 aliphatic carbocycles. The van der Waals surface area contributed by atoms with Crippen LogP contribution < -0.4 is 4.72 Å². The highest BCUT2D eigenvalue weighted by Crippen LogP contribution is 2.15. The molecule has 15 heavy (non-hydrogen) atoms. The van der Waals surface area contributed by atoms with E-state index in [1.54, 1.807) is 0 Å². The summed E-state index contributed by atoms with van der Waals surface area (Å²) in [7, 11) is -3.14. The average molecular weight is 237 g/mol. The van der Waals surface area contributed by atoms with Crippen molar-refractivity contribution in [2.45, 2.75) is 40.0 Å². The molecule has 0 bridgehead atoms. The summed E-state index contributed by atoms with van der Waals surface area (Å²) in [6, 6.07) is 0. The predicted octanol–water partition coefficient (Wildman–Crippen LogP) is 1.11. The van der Waals surface area contributed by atoms with Crippen molar-refractivity contribution in [3.05, 3.63) is 0 Å². The van der Waals surface area contributed by atoms with Gasteiger partial charge in [-0.05, 0) is 24.7 Å². The fourth-order valence-electron chi connectivity index (χ4n) is 1.26. The minimum absolute atomic E-state index is 0.153. The Morgan fingerprint density at radius 1 is 1.13 bits per heavy atom. The Labute approximate surface area is 93.1 Å². The van der Waals surface area contributed by atoms with Crippen LogP contribution in [0.2, 0.25) is 0 Å². The molecule has 0 fully saturated rings. The minimum Gasteiger partial charge on any atom is -0.396 e. The predicted molar refractivity (Wildman–Crippen MR) is 62.2 cm³/mol. The quantitative estimate of drug-likeness (QED) is 0.652. The number of rotatable bonds is 7. The van der Waals surface area contributed by atoms with E-state index in [-0.39, 0.29) is 17.8 Å². The second kappa shape index (κ2) is 6.45. The van der Waals surface area contributed by atoms with Crippen LogP contribution in [-0.4, -0.2) is 32.4 Å². The van der Waals surface area contributed by atoms with E-state index in [9.17, 15) is 8.42 Å². The lowest BCUT2D eigenvalue weighted by Crippen LogP contribution is -2.32. The van der Waals surface area contributed by atoms with Crippen LogP contribution in [0, 0.1) is 5.41 Å². The molecule has 92 valence electrons. The fraction of sp³-hybridized carbons (Fsp3) is 1.00. The van der Waals surface area contributed by atoms with Gasteiger partial charge in [0, 0.05) is 13.2 Å². The number of aliphatic hydroxyl groups excluding tert-OH is 1. The number of hydrogen-bond donors (Lipinski definition) is 2. The first kappa shape index (κ1) is 14.9. The highest BCUT2D eigenvalue weighted by molar-refractivity contribution is 7.89. The van der Waals surface area contributed by atoms with Crippen LogP contribution >= 0.6 is 0 Å². The molecule has 0 aromatic heterocycles. The Balaban J connectivity index is 3.76. The summed E-state index contributed by atoms with van der Waals surface area (Å²) < 4.78 is 25.6. The van der Waals surface area contributed by atoms with Crippen LogP contribution in [0.25, 0.3) is 0 Å². The highest BCUT2D eigenvalue weighted by atomic mass is 32.2. The zero-order valence-corrected chi connectivity index (χ0v) is 10.7. The molecular weight excluding hydrogens is 214 g/mol. The maximum atomic E-state index is 11.5. The summed E-state index contributed by atoms with van der Waals surface area (Å²) in [5, 5.41) is 8.54. The molecule has 0 aromatic carbocycles. The maximum Gasteiger partial charge on any atom is 0.212 e. The van der Waals surface area contributed by atoms with Crippen molar-refractivity contribution < 1.29 is 13.5 Å². The first-order valence-electron chi connectivity index (χ1n) is 5.35. The molecule has 0 saturated carbocycles. The van der Waals surface area contributed by atoms with Gasteiger partial charge in [0.1, 0.15) is 0 Å². The Kier molecular flexibility index (Phi) is 6.40. The van der Waals surface area contributed by atoms with E-state index >= 15 is 0 Å². The van der Waals surface area contributed by atoms with Gasteiger partial charge in [0.2, 0.25) is 10.0 Å². The minimum atomic E-state index is -3.14. The van der Waals surface area contributed by atoms with E-state index in [1.807, 2.05) is 20.8 Å². The van der Waals surface area contributed by atoms with Crippen molar-refractivity contribution in [3.63, 3.8) is 0 Å². The molecule has 0 aromatic rings. The number of hydrogen-bond acceptors (Lipinski definition) is 3. The molecule has 0 saturated heterocycles. The first-order chi connectivity index (χ1) is 6.77. The van der Waals surface area contributed by atoms with E-state index in [0.717, 1.165) is 19.3 Å². The summed E-state index contributed by atoms with van der Waals surface area (Å²) in [5.41, 5.74) is -0.211. The Bertz CT molecular complexity index is 254. The van der Waals surface area contributed by atoms with Gasteiger partial charge in [-0.25, -0.2) is 13.1 Å². The van der Waals surface area contributed by atoms with Crippen LogP contribution in [0.5, 0.6) is 0 Å². The first-order valence-corrected chi connectivity index (χ1v) is 7.00. The molecule has 5 heteroatoms. The smallest absolute Gasteiger partial charge is 0.212 e. The summed E-state index contributed by atoms with van der Waals surface area (Å²) >= 11 is 0. The van der Waals surface area contributed by atoms with Gasteiger partial charge in [-0.2, -0.15) is 0 Å². The van der Waals surface area contributed by atoms with E-state index in [0.29, 0.717) is 6.54 Å². The Morgan fingerprint density at radius 2 is 1.73 bits per heavy atom. The maximum absolute atomic E-state index is 11.5. The van der Waals surface area contributed by atoms with Gasteiger partial charge in [0.05, 0.1) is 5.75 Å². The van der Waals surface area contributed by atoms with Gasteiger partial charge < -0.3 is 5.11 Å². The molecule has 0 unspecified atom stereocenters. The lowest BCUT2D eigenvalue weighted by Gasteiger charge is -2.18. The molecule has 0 aliphatic heterocycles. The standard InChI is InChI=1S/C10H23NO3S/c1-10(2,3)9-15(13,14)11-7-5-4-6-8-12/h11-12H,4-9H2,1-3H3. The van der Waals surface area contributed by atoms with Gasteiger partial charge in [0.25, 0.3) is 0 Å². The largest absolute Gasteiger partial charge is 0.396 e. The third-order valence-corrected chi connectivity index (χ3v) is 3.67. The molecule has 2 N–H and O–H groups in total. The number of sulfonamides is 1. The van der Waals surface area contributed by atoms with Crippen LogP contribution in [0.15, 0.2) is 0 Å². The van der Waals surface area contributed by atoms with Gasteiger partial charge >= 0.3 is 0 Å². The number of unbranched alkanes of at least 4 members (excludes halogenated alkanes) is 2. The van der Waals surface area contributed by atoms with Crippen molar-refractivity contribution >= 4 is 10.0 Å². The molecule has 0 amide bonds. The van der Waals surface area contributed by atoms with Gasteiger partial charge in [0.15, 0.2) is 0 Å². The van der Waals surface area contributed by atoms with Crippen LogP contribution in [0.4, 0.5) is 0 Å². The van der Waals surface area contributed by atoms with Crippen LogP contribution in [0.3, 0.4) is 0 Å². The molecule has 0 radical (unpaired) electrons. The monoisotopic (exact) mass is 237 g/mol. The number of aliphatic hydroxyl groups is 1. The molecule has 4 nitrogen and oxygen atoms in total. The molecule has 0 aliphatic rings. The van der Waals surface area contributed by atoms with Crippen molar-refractivity contribution in [1.29, 1.82) is 0 Å². The summed E-state index contributed by atoms with van der Waals surface area (Å²) in [5.74, 6) is 0.153. The Hall–Kier alpha value is -0.130. The van der Waals surface area contributed by atoms with Gasteiger partial charge in [-0.15, -0.1) is 0 Å². The van der Waals surface area contributed by atoms with Crippen molar-refractivity contribution in [3.8, 4) is 0 Å². The molecule has 0 heterocycles. The average Bonchev–Trinajstić information content (AvgIpc) is 1.99.